The topological polar surface area (TPSA) is 77.5 Å². The zero-order valence-electron chi connectivity index (χ0n) is 16.3. The van der Waals surface area contributed by atoms with E-state index in [1.165, 1.54) is 18.3 Å². The van der Waals surface area contributed by atoms with Gasteiger partial charge in [0.2, 0.25) is 11.7 Å². The van der Waals surface area contributed by atoms with E-state index in [4.69, 9.17) is 4.74 Å². The predicted octanol–water partition coefficient (Wildman–Crippen LogP) is 4.00. The number of aromatic nitrogens is 1. The van der Waals surface area contributed by atoms with Gasteiger partial charge in [-0.3, -0.25) is 4.79 Å². The summed E-state index contributed by atoms with van der Waals surface area (Å²) in [7, 11) is 2.16. The molecule has 3 rings (SSSR count). The maximum absolute atomic E-state index is 14.2. The normalized spacial score (nSPS) is 20.5. The molecule has 1 aliphatic carbocycles. The maximum atomic E-state index is 14.2. The standard InChI is InChI=1S/C20H17F5N2O4/c1-30-16-12(3-4-13(21)15(16)22)19(8-10(9-19)20(23,24)25)18(29)27-11-5-6-26-14(7-11)17(28)31-2/h3-7,10H,8-9H2,1-2H3,(H,26,27,29). The Kier molecular flexibility index (Phi) is 5.88. The van der Waals surface area contributed by atoms with Crippen molar-refractivity contribution in [2.75, 3.05) is 19.5 Å². The summed E-state index contributed by atoms with van der Waals surface area (Å²) in [5.41, 5.74) is -2.10. The number of esters is 1. The molecule has 6 nitrogen and oxygen atoms in total. The van der Waals surface area contributed by atoms with Gasteiger partial charge in [0, 0.05) is 17.4 Å². The number of rotatable bonds is 5. The number of hydrogen-bond donors (Lipinski definition) is 1. The van der Waals surface area contributed by atoms with E-state index in [0.717, 1.165) is 26.4 Å². The van der Waals surface area contributed by atoms with Gasteiger partial charge in [0.05, 0.1) is 25.6 Å². The Bertz CT molecular complexity index is 1020. The fraction of sp³-hybridized carbons (Fsp3) is 0.350. The van der Waals surface area contributed by atoms with Gasteiger partial charge in [0.15, 0.2) is 11.6 Å². The van der Waals surface area contributed by atoms with E-state index in [1.54, 1.807) is 0 Å². The highest BCUT2D eigenvalue weighted by Crippen LogP contribution is 2.56. The summed E-state index contributed by atoms with van der Waals surface area (Å²) in [5.74, 6) is -6.78. The zero-order chi connectivity index (χ0) is 23.0. The number of nitrogens with one attached hydrogen (secondary N) is 1. The summed E-state index contributed by atoms with van der Waals surface area (Å²) < 4.78 is 76.9. The third kappa shape index (κ3) is 4.04. The van der Waals surface area contributed by atoms with Crippen LogP contribution in [-0.2, 0) is 14.9 Å². The van der Waals surface area contributed by atoms with Crippen LogP contribution in [-0.4, -0.2) is 37.3 Å². The summed E-state index contributed by atoms with van der Waals surface area (Å²) >= 11 is 0. The molecule has 1 saturated carbocycles. The first-order chi connectivity index (χ1) is 14.5. The number of carbonyl (C=O) groups excluding carboxylic acids is 2. The largest absolute Gasteiger partial charge is 0.493 e. The highest BCUT2D eigenvalue weighted by atomic mass is 19.4. The summed E-state index contributed by atoms with van der Waals surface area (Å²) in [4.78, 5) is 28.5. The lowest BCUT2D eigenvalue weighted by molar-refractivity contribution is -0.208. The van der Waals surface area contributed by atoms with E-state index in [9.17, 15) is 31.5 Å². The molecule has 1 aromatic carbocycles. The smallest absolute Gasteiger partial charge is 0.391 e. The van der Waals surface area contributed by atoms with Crippen LogP contribution < -0.4 is 10.1 Å². The highest BCUT2D eigenvalue weighted by molar-refractivity contribution is 6.01. The Labute approximate surface area is 173 Å². The molecule has 0 unspecified atom stereocenters. The third-order valence-electron chi connectivity index (χ3n) is 5.27. The first-order valence-electron chi connectivity index (χ1n) is 8.98. The van der Waals surface area contributed by atoms with Crippen molar-refractivity contribution in [1.29, 1.82) is 0 Å². The van der Waals surface area contributed by atoms with Gasteiger partial charge in [-0.05, 0) is 31.0 Å². The van der Waals surface area contributed by atoms with Crippen LogP contribution in [0.4, 0.5) is 27.6 Å². The molecule has 1 aromatic heterocycles. The van der Waals surface area contributed by atoms with Crippen LogP contribution in [0.25, 0.3) is 0 Å². The van der Waals surface area contributed by atoms with Gasteiger partial charge in [-0.1, -0.05) is 6.07 Å². The van der Waals surface area contributed by atoms with Crippen LogP contribution >= 0.6 is 0 Å². The van der Waals surface area contributed by atoms with Gasteiger partial charge in [0.1, 0.15) is 5.69 Å². The van der Waals surface area contributed by atoms with Crippen LogP contribution in [0, 0.1) is 17.6 Å². The number of ether oxygens (including phenoxy) is 2. The van der Waals surface area contributed by atoms with Crippen molar-refractivity contribution in [3.8, 4) is 5.75 Å². The van der Waals surface area contributed by atoms with Crippen LogP contribution in [0.5, 0.6) is 5.75 Å². The average molecular weight is 444 g/mol. The Balaban J connectivity index is 2.01. The van der Waals surface area contributed by atoms with Gasteiger partial charge in [-0.2, -0.15) is 17.6 Å². The van der Waals surface area contributed by atoms with E-state index in [2.05, 4.69) is 15.0 Å². The van der Waals surface area contributed by atoms with E-state index in [1.807, 2.05) is 0 Å². The SMILES string of the molecule is COC(=O)c1cc(NC(=O)C2(c3ccc(F)c(F)c3OC)CC(C(F)(F)F)C2)ccn1. The molecule has 11 heteroatoms. The van der Waals surface area contributed by atoms with Crippen molar-refractivity contribution in [1.82, 2.24) is 4.98 Å². The second-order valence-electron chi connectivity index (χ2n) is 7.05. The Hall–Kier alpha value is -3.24. The summed E-state index contributed by atoms with van der Waals surface area (Å²) in [6, 6.07) is 4.26. The molecule has 0 bridgehead atoms. The lowest BCUT2D eigenvalue weighted by Crippen LogP contribution is -2.54. The maximum Gasteiger partial charge on any atom is 0.391 e. The molecule has 166 valence electrons. The second kappa shape index (κ2) is 8.12. The number of anilines is 1. The molecule has 1 amide bonds. The molecule has 0 radical (unpaired) electrons. The molecule has 0 spiro atoms. The van der Waals surface area contributed by atoms with Crippen LogP contribution in [0.15, 0.2) is 30.5 Å². The lowest BCUT2D eigenvalue weighted by Gasteiger charge is -2.47. The average Bonchev–Trinajstić information content (AvgIpc) is 2.68. The van der Waals surface area contributed by atoms with Crippen molar-refractivity contribution in [2.45, 2.75) is 24.4 Å². The summed E-state index contributed by atoms with van der Waals surface area (Å²) in [6.07, 6.45) is -4.73. The number of methoxy groups -OCH3 is 2. The van der Waals surface area contributed by atoms with Crippen molar-refractivity contribution in [3.63, 3.8) is 0 Å². The quantitative estimate of drug-likeness (QED) is 0.557. The fourth-order valence-electron chi connectivity index (χ4n) is 3.62. The monoisotopic (exact) mass is 444 g/mol. The number of pyridine rings is 1. The first kappa shape index (κ1) is 22.4. The minimum Gasteiger partial charge on any atom is -0.493 e. The highest BCUT2D eigenvalue weighted by Gasteiger charge is 2.61. The molecule has 1 heterocycles. The first-order valence-corrected chi connectivity index (χ1v) is 8.98. The molecular formula is C20H17F5N2O4. The molecule has 1 N–H and O–H groups in total. The minimum atomic E-state index is -4.57. The van der Waals surface area contributed by atoms with Gasteiger partial charge < -0.3 is 14.8 Å². The molecule has 0 saturated heterocycles. The minimum absolute atomic E-state index is 0.0665. The van der Waals surface area contributed by atoms with Gasteiger partial charge in [0.25, 0.3) is 0 Å². The van der Waals surface area contributed by atoms with E-state index in [-0.39, 0.29) is 16.9 Å². The number of amides is 1. The van der Waals surface area contributed by atoms with Crippen molar-refractivity contribution >= 4 is 17.6 Å². The number of carbonyl (C=O) groups is 2. The summed E-state index contributed by atoms with van der Waals surface area (Å²) in [5, 5.41) is 2.43. The van der Waals surface area contributed by atoms with Crippen LogP contribution in [0.2, 0.25) is 0 Å². The number of hydrogen-bond acceptors (Lipinski definition) is 5. The van der Waals surface area contributed by atoms with Crippen molar-refractivity contribution in [3.05, 3.63) is 53.4 Å². The number of alkyl halides is 3. The van der Waals surface area contributed by atoms with Crippen molar-refractivity contribution in [2.24, 2.45) is 5.92 Å². The number of nitrogens with zero attached hydrogens (tertiary/aromatic N) is 1. The second-order valence-corrected chi connectivity index (χ2v) is 7.05. The van der Waals surface area contributed by atoms with Gasteiger partial charge in [-0.25, -0.2) is 14.2 Å². The van der Waals surface area contributed by atoms with E-state index in [0.29, 0.717) is 0 Å². The van der Waals surface area contributed by atoms with E-state index < -0.39 is 59.6 Å². The molecule has 1 aliphatic rings. The molecule has 0 atom stereocenters. The van der Waals surface area contributed by atoms with Crippen LogP contribution in [0.3, 0.4) is 0 Å². The molecule has 1 fully saturated rings. The van der Waals surface area contributed by atoms with Crippen molar-refractivity contribution < 1.29 is 41.0 Å². The molecule has 0 aliphatic heterocycles. The zero-order valence-corrected chi connectivity index (χ0v) is 16.3. The van der Waals surface area contributed by atoms with Gasteiger partial charge >= 0.3 is 12.1 Å². The Morgan fingerprint density at radius 3 is 2.42 bits per heavy atom. The Morgan fingerprint density at radius 1 is 1.16 bits per heavy atom. The molecular weight excluding hydrogens is 427 g/mol. The fourth-order valence-corrected chi connectivity index (χ4v) is 3.62. The van der Waals surface area contributed by atoms with Crippen LogP contribution in [0.1, 0.15) is 28.9 Å². The number of halogens is 5. The summed E-state index contributed by atoms with van der Waals surface area (Å²) in [6.45, 7) is 0. The molecule has 31 heavy (non-hydrogen) atoms. The lowest BCUT2D eigenvalue weighted by atomic mass is 9.57. The number of benzene rings is 1. The van der Waals surface area contributed by atoms with Gasteiger partial charge in [-0.15, -0.1) is 0 Å². The Morgan fingerprint density at radius 2 is 1.84 bits per heavy atom. The molecule has 2 aromatic rings. The predicted molar refractivity (Wildman–Crippen MR) is 97.6 cm³/mol. The third-order valence-corrected chi connectivity index (χ3v) is 5.27. The van der Waals surface area contributed by atoms with E-state index >= 15 is 0 Å².